The van der Waals surface area contributed by atoms with Crippen molar-refractivity contribution in [3.8, 4) is 5.75 Å². The Morgan fingerprint density at radius 2 is 2.00 bits per heavy atom. The summed E-state index contributed by atoms with van der Waals surface area (Å²) in [6, 6.07) is 15.0. The first-order valence-corrected chi connectivity index (χ1v) is 9.05. The number of carbonyl (C=O) groups is 1. The second-order valence-corrected chi connectivity index (χ2v) is 6.76. The molecule has 2 aromatic carbocycles. The fraction of sp³-hybridized carbons (Fsp3) is 0.333. The minimum atomic E-state index is -0.175. The molecule has 0 spiro atoms. The summed E-state index contributed by atoms with van der Waals surface area (Å²) in [5, 5.41) is 3.12. The van der Waals surface area contributed by atoms with Crippen LogP contribution in [0.4, 0.5) is 0 Å². The summed E-state index contributed by atoms with van der Waals surface area (Å²) in [6.45, 7) is 6.77. The minimum absolute atomic E-state index is 0.127. The summed E-state index contributed by atoms with van der Waals surface area (Å²) in [7, 11) is 0. The molecule has 5 heteroatoms. The number of nitrogens with zero attached hydrogens (tertiary/aromatic N) is 1. The first kappa shape index (κ1) is 18.0. The van der Waals surface area contributed by atoms with E-state index in [0.717, 1.165) is 23.3 Å². The van der Waals surface area contributed by atoms with E-state index in [1.54, 1.807) is 12.1 Å². The molecule has 0 fully saturated rings. The normalized spacial score (nSPS) is 12.3. The number of carbonyl (C=O) groups excluding carboxylic acids is 1. The summed E-state index contributed by atoms with van der Waals surface area (Å²) in [5.41, 5.74) is 2.47. The molecule has 0 bridgehead atoms. The molecule has 1 aromatic heterocycles. The topological polar surface area (TPSA) is 67.0 Å². The maximum atomic E-state index is 12.8. The molecule has 0 radical (unpaired) electrons. The van der Waals surface area contributed by atoms with E-state index in [2.05, 4.69) is 29.1 Å². The van der Waals surface area contributed by atoms with Crippen LogP contribution in [0.3, 0.4) is 0 Å². The predicted octanol–water partition coefficient (Wildman–Crippen LogP) is 4.48. The SMILES string of the molecule is CCOc1cccc(C(=O)NC(CC(C)C)c2nc3ccccc3[nH]2)c1. The molecule has 1 heterocycles. The largest absolute Gasteiger partial charge is 0.494 e. The summed E-state index contributed by atoms with van der Waals surface area (Å²) in [4.78, 5) is 20.8. The van der Waals surface area contributed by atoms with Crippen LogP contribution in [0.2, 0.25) is 0 Å². The molecular formula is C21H25N3O2. The summed E-state index contributed by atoms with van der Waals surface area (Å²) in [6.07, 6.45) is 0.802. The number of fused-ring (bicyclic) bond motifs is 1. The van der Waals surface area contributed by atoms with Gasteiger partial charge in [-0.1, -0.05) is 32.0 Å². The van der Waals surface area contributed by atoms with E-state index in [4.69, 9.17) is 4.74 Å². The van der Waals surface area contributed by atoms with Gasteiger partial charge in [0.25, 0.3) is 5.91 Å². The molecule has 3 rings (SSSR count). The van der Waals surface area contributed by atoms with E-state index in [9.17, 15) is 4.79 Å². The highest BCUT2D eigenvalue weighted by Crippen LogP contribution is 2.23. The molecular weight excluding hydrogens is 326 g/mol. The van der Waals surface area contributed by atoms with E-state index in [1.807, 2.05) is 43.3 Å². The molecule has 1 unspecified atom stereocenters. The minimum Gasteiger partial charge on any atom is -0.494 e. The van der Waals surface area contributed by atoms with Crippen molar-refractivity contribution < 1.29 is 9.53 Å². The van der Waals surface area contributed by atoms with Crippen molar-refractivity contribution in [3.63, 3.8) is 0 Å². The number of aromatic amines is 1. The van der Waals surface area contributed by atoms with Gasteiger partial charge >= 0.3 is 0 Å². The van der Waals surface area contributed by atoms with Crippen molar-refractivity contribution in [2.75, 3.05) is 6.61 Å². The highest BCUT2D eigenvalue weighted by Gasteiger charge is 2.20. The zero-order chi connectivity index (χ0) is 18.5. The lowest BCUT2D eigenvalue weighted by atomic mass is 10.0. The summed E-state index contributed by atoms with van der Waals surface area (Å²) in [5.74, 6) is 1.78. The van der Waals surface area contributed by atoms with Crippen LogP contribution in [0.1, 0.15) is 49.4 Å². The van der Waals surface area contributed by atoms with Gasteiger partial charge < -0.3 is 15.0 Å². The van der Waals surface area contributed by atoms with Crippen molar-refractivity contribution >= 4 is 16.9 Å². The van der Waals surface area contributed by atoms with E-state index in [-0.39, 0.29) is 11.9 Å². The summed E-state index contributed by atoms with van der Waals surface area (Å²) < 4.78 is 5.49. The van der Waals surface area contributed by atoms with Crippen LogP contribution in [-0.2, 0) is 0 Å². The van der Waals surface area contributed by atoms with Crippen LogP contribution in [0.5, 0.6) is 5.75 Å². The van der Waals surface area contributed by atoms with Gasteiger partial charge in [0, 0.05) is 5.56 Å². The molecule has 0 aliphatic rings. The third-order valence-corrected chi connectivity index (χ3v) is 4.16. The lowest BCUT2D eigenvalue weighted by Crippen LogP contribution is -2.30. The number of ether oxygens (including phenoxy) is 1. The van der Waals surface area contributed by atoms with E-state index >= 15 is 0 Å². The van der Waals surface area contributed by atoms with Gasteiger partial charge in [0.05, 0.1) is 23.7 Å². The Bertz CT molecular complexity index is 853. The Morgan fingerprint density at radius 1 is 1.19 bits per heavy atom. The van der Waals surface area contributed by atoms with Gasteiger partial charge in [0.1, 0.15) is 11.6 Å². The maximum Gasteiger partial charge on any atom is 0.252 e. The molecule has 2 N–H and O–H groups in total. The number of para-hydroxylation sites is 2. The highest BCUT2D eigenvalue weighted by atomic mass is 16.5. The second-order valence-electron chi connectivity index (χ2n) is 6.76. The second kappa shape index (κ2) is 8.04. The quantitative estimate of drug-likeness (QED) is 0.659. The van der Waals surface area contributed by atoms with Crippen molar-refractivity contribution in [1.82, 2.24) is 15.3 Å². The third kappa shape index (κ3) is 4.23. The van der Waals surface area contributed by atoms with Gasteiger partial charge in [-0.15, -0.1) is 0 Å². The number of H-pyrrole nitrogens is 1. The first-order chi connectivity index (χ1) is 12.6. The Hall–Kier alpha value is -2.82. The van der Waals surface area contributed by atoms with Crippen LogP contribution in [0.15, 0.2) is 48.5 Å². The van der Waals surface area contributed by atoms with Crippen molar-refractivity contribution in [3.05, 3.63) is 59.9 Å². The lowest BCUT2D eigenvalue weighted by molar-refractivity contribution is 0.0929. The van der Waals surface area contributed by atoms with Gasteiger partial charge in [0.15, 0.2) is 0 Å². The molecule has 1 atom stereocenters. The van der Waals surface area contributed by atoms with Gasteiger partial charge in [-0.25, -0.2) is 4.98 Å². The number of hydrogen-bond donors (Lipinski definition) is 2. The van der Waals surface area contributed by atoms with Crippen LogP contribution < -0.4 is 10.1 Å². The van der Waals surface area contributed by atoms with E-state index in [0.29, 0.717) is 23.8 Å². The van der Waals surface area contributed by atoms with Crippen molar-refractivity contribution in [2.45, 2.75) is 33.2 Å². The van der Waals surface area contributed by atoms with Gasteiger partial charge in [-0.2, -0.15) is 0 Å². The van der Waals surface area contributed by atoms with Gasteiger partial charge in [0.2, 0.25) is 0 Å². The fourth-order valence-corrected chi connectivity index (χ4v) is 2.98. The Labute approximate surface area is 153 Å². The Balaban J connectivity index is 1.84. The van der Waals surface area contributed by atoms with E-state index < -0.39 is 0 Å². The molecule has 0 aliphatic heterocycles. The number of benzene rings is 2. The van der Waals surface area contributed by atoms with E-state index in [1.165, 1.54) is 0 Å². The molecule has 136 valence electrons. The third-order valence-electron chi connectivity index (χ3n) is 4.16. The predicted molar refractivity (Wildman–Crippen MR) is 103 cm³/mol. The summed E-state index contributed by atoms with van der Waals surface area (Å²) >= 11 is 0. The van der Waals surface area contributed by atoms with Crippen molar-refractivity contribution in [2.24, 2.45) is 5.92 Å². The fourth-order valence-electron chi connectivity index (χ4n) is 2.98. The smallest absolute Gasteiger partial charge is 0.252 e. The molecule has 0 saturated heterocycles. The molecule has 3 aromatic rings. The molecule has 5 nitrogen and oxygen atoms in total. The monoisotopic (exact) mass is 351 g/mol. The number of imidazole rings is 1. The van der Waals surface area contributed by atoms with Crippen LogP contribution in [0, 0.1) is 5.92 Å². The van der Waals surface area contributed by atoms with Crippen LogP contribution >= 0.6 is 0 Å². The number of rotatable bonds is 7. The van der Waals surface area contributed by atoms with Gasteiger partial charge in [-0.05, 0) is 49.6 Å². The van der Waals surface area contributed by atoms with Gasteiger partial charge in [-0.3, -0.25) is 4.79 Å². The zero-order valence-electron chi connectivity index (χ0n) is 15.5. The lowest BCUT2D eigenvalue weighted by Gasteiger charge is -2.19. The van der Waals surface area contributed by atoms with Crippen LogP contribution in [-0.4, -0.2) is 22.5 Å². The Kier molecular flexibility index (Phi) is 5.56. The molecule has 1 amide bonds. The molecule has 0 aliphatic carbocycles. The number of amides is 1. The van der Waals surface area contributed by atoms with Crippen LogP contribution in [0.25, 0.3) is 11.0 Å². The number of hydrogen-bond acceptors (Lipinski definition) is 3. The average Bonchev–Trinajstić information content (AvgIpc) is 3.05. The molecule has 26 heavy (non-hydrogen) atoms. The Morgan fingerprint density at radius 3 is 2.73 bits per heavy atom. The highest BCUT2D eigenvalue weighted by molar-refractivity contribution is 5.94. The molecule has 0 saturated carbocycles. The average molecular weight is 351 g/mol. The first-order valence-electron chi connectivity index (χ1n) is 9.05. The maximum absolute atomic E-state index is 12.8. The zero-order valence-corrected chi connectivity index (χ0v) is 15.5. The standard InChI is InChI=1S/C21H25N3O2/c1-4-26-16-9-7-8-15(13-16)21(25)24-19(12-14(2)3)20-22-17-10-5-6-11-18(17)23-20/h5-11,13-14,19H,4,12H2,1-3H3,(H,22,23)(H,24,25). The van der Waals surface area contributed by atoms with Crippen molar-refractivity contribution in [1.29, 1.82) is 0 Å². The number of aromatic nitrogens is 2. The number of nitrogens with one attached hydrogen (secondary N) is 2.